The van der Waals surface area contributed by atoms with E-state index in [0.717, 1.165) is 49.8 Å². The second-order valence-electron chi connectivity index (χ2n) is 26.2. The molecular formula is C79H78N4O. The molecule has 0 aliphatic carbocycles. The molecule has 0 spiro atoms. The molecule has 0 atom stereocenters. The standard InChI is InChI=1S/C79H78N4O/c1-50-24-21-25-51(2)74(50)55-34-37-70-72(42-55)81(61-30-23-31-62(46-61)84-63-35-36-65-64-32-19-20-33-69(64)83(71(65)47-63)73-38-52(3)68(48-80-73)53-26-17-16-18-27-53)49-82(70)75-66(54-28-22-29-57(39-54)76(4,5)6)44-60(79(13,14)15)45-67(75)56-40-58(77(7,8)9)43-59(41-56)78(10,11)12/h16-48H,1-15H3/i1D3,2D3,3D3,16D,17D,18D,26D,27D. The van der Waals surface area contributed by atoms with Crippen molar-refractivity contribution in [2.75, 3.05) is 0 Å². The van der Waals surface area contributed by atoms with Crippen LogP contribution < -0.4 is 9.30 Å². The van der Waals surface area contributed by atoms with Crippen molar-refractivity contribution in [2.45, 2.75) is 125 Å². The smallest absolute Gasteiger partial charge is 0.269 e. The third-order valence-electron chi connectivity index (χ3n) is 16.1. The predicted molar refractivity (Wildman–Crippen MR) is 353 cm³/mol. The fraction of sp³-hybridized carbons (Fsp3) is 0.241. The van der Waals surface area contributed by atoms with Crippen LogP contribution in [-0.2, 0) is 21.7 Å². The molecule has 12 rings (SSSR count). The van der Waals surface area contributed by atoms with E-state index in [1.807, 2.05) is 88.0 Å². The largest absolute Gasteiger partial charge is 0.458 e. The van der Waals surface area contributed by atoms with Crippen molar-refractivity contribution in [3.05, 3.63) is 245 Å². The Hall–Kier alpha value is -8.80. The zero-order chi connectivity index (χ0) is 71.1. The van der Waals surface area contributed by atoms with Gasteiger partial charge in [-0.3, -0.25) is 13.7 Å². The van der Waals surface area contributed by atoms with Gasteiger partial charge in [0.05, 0.1) is 40.3 Å². The van der Waals surface area contributed by atoms with Crippen LogP contribution in [0.5, 0.6) is 11.5 Å². The Bertz CT molecular complexity index is 5100. The molecule has 5 nitrogen and oxygen atoms in total. The van der Waals surface area contributed by atoms with Gasteiger partial charge in [0.25, 0.3) is 6.33 Å². The third kappa shape index (κ3) is 10.4. The van der Waals surface area contributed by atoms with Crippen LogP contribution in [0.2, 0.25) is 0 Å². The molecule has 12 aromatic rings. The van der Waals surface area contributed by atoms with Crippen LogP contribution in [0, 0.1) is 26.9 Å². The van der Waals surface area contributed by atoms with E-state index in [1.54, 1.807) is 6.07 Å². The van der Waals surface area contributed by atoms with Crippen LogP contribution in [0.1, 0.15) is 141 Å². The zero-order valence-electron chi connectivity index (χ0n) is 63.9. The number of aromatic nitrogens is 4. The van der Waals surface area contributed by atoms with Crippen LogP contribution in [0.3, 0.4) is 0 Å². The number of rotatable bonds is 9. The molecule has 0 aliphatic heterocycles. The number of hydrogen-bond acceptors (Lipinski definition) is 2. The van der Waals surface area contributed by atoms with Gasteiger partial charge in [-0.05, 0) is 169 Å². The van der Waals surface area contributed by atoms with Gasteiger partial charge in [0.1, 0.15) is 17.3 Å². The molecule has 420 valence electrons. The van der Waals surface area contributed by atoms with Crippen LogP contribution in [0.15, 0.2) is 200 Å². The number of aryl methyl sites for hydroxylation is 3. The molecule has 0 radical (unpaired) electrons. The number of benzene rings is 9. The molecule has 84 heavy (non-hydrogen) atoms. The molecule has 0 N–H and O–H groups in total. The highest BCUT2D eigenvalue weighted by molar-refractivity contribution is 6.09. The van der Waals surface area contributed by atoms with Crippen molar-refractivity contribution >= 4 is 32.8 Å². The van der Waals surface area contributed by atoms with E-state index < -0.39 is 50.8 Å². The van der Waals surface area contributed by atoms with Crippen LogP contribution in [-0.4, -0.2) is 14.1 Å². The number of ether oxygens (including phenoxy) is 1. The molecule has 9 aromatic carbocycles. The van der Waals surface area contributed by atoms with Crippen molar-refractivity contribution in [2.24, 2.45) is 0 Å². The van der Waals surface area contributed by atoms with Gasteiger partial charge < -0.3 is 4.74 Å². The Morgan fingerprint density at radius 1 is 0.464 bits per heavy atom. The van der Waals surface area contributed by atoms with Crippen LogP contribution >= 0.6 is 0 Å². The Morgan fingerprint density at radius 2 is 1.08 bits per heavy atom. The summed E-state index contributed by atoms with van der Waals surface area (Å²) in [5.41, 5.74) is 11.1. The lowest BCUT2D eigenvalue weighted by Crippen LogP contribution is -2.32. The van der Waals surface area contributed by atoms with Crippen LogP contribution in [0.4, 0.5) is 0 Å². The number of para-hydroxylation sites is 1. The normalized spacial score (nSPS) is 15.3. The van der Waals surface area contributed by atoms with Gasteiger partial charge in [-0.1, -0.05) is 222 Å². The fourth-order valence-electron chi connectivity index (χ4n) is 11.3. The number of pyridine rings is 1. The van der Waals surface area contributed by atoms with Gasteiger partial charge >= 0.3 is 0 Å². The minimum Gasteiger partial charge on any atom is -0.458 e. The van der Waals surface area contributed by atoms with E-state index >= 15 is 0 Å². The molecule has 3 aromatic heterocycles. The van der Waals surface area contributed by atoms with E-state index in [4.69, 9.17) is 28.9 Å². The topological polar surface area (TPSA) is 35.9 Å². The van der Waals surface area contributed by atoms with Gasteiger partial charge in [0.2, 0.25) is 0 Å². The summed E-state index contributed by atoms with van der Waals surface area (Å²) in [5.74, 6) is 1.01. The van der Waals surface area contributed by atoms with Gasteiger partial charge in [0.15, 0.2) is 0 Å². The monoisotopic (exact) mass is 1110 g/mol. The van der Waals surface area contributed by atoms with Gasteiger partial charge in [-0.2, -0.15) is 0 Å². The highest BCUT2D eigenvalue weighted by atomic mass is 16.5. The summed E-state index contributed by atoms with van der Waals surface area (Å²) in [4.78, 5) is 4.77. The number of hydrogen-bond donors (Lipinski definition) is 0. The summed E-state index contributed by atoms with van der Waals surface area (Å²) in [6.45, 7) is 18.5. The molecule has 0 saturated heterocycles. The first-order chi connectivity index (χ1) is 45.6. The lowest BCUT2D eigenvalue weighted by atomic mass is 9.77. The van der Waals surface area contributed by atoms with Crippen molar-refractivity contribution in [1.29, 1.82) is 0 Å². The predicted octanol–water partition coefficient (Wildman–Crippen LogP) is 20.8. The summed E-state index contributed by atoms with van der Waals surface area (Å²) in [6, 6.07) is 49.4. The summed E-state index contributed by atoms with van der Waals surface area (Å²) >= 11 is 0. The van der Waals surface area contributed by atoms with E-state index in [9.17, 15) is 0 Å². The molecule has 3 heterocycles. The molecular weight excluding hydrogens is 1020 g/mol. The Balaban J connectivity index is 1.11. The molecule has 0 aliphatic rings. The second kappa shape index (κ2) is 20.8. The van der Waals surface area contributed by atoms with Gasteiger partial charge in [0, 0.05) is 40.9 Å². The Morgan fingerprint density at radius 3 is 1.77 bits per heavy atom. The zero-order valence-corrected chi connectivity index (χ0v) is 49.9. The van der Waals surface area contributed by atoms with Crippen molar-refractivity contribution in [3.63, 3.8) is 0 Å². The number of fused-ring (bicyclic) bond motifs is 4. The maximum absolute atomic E-state index is 8.76. The number of nitrogens with zero attached hydrogens (tertiary/aromatic N) is 4. The highest BCUT2D eigenvalue weighted by Crippen LogP contribution is 2.44. The minimum atomic E-state index is -2.81. The van der Waals surface area contributed by atoms with Crippen LogP contribution in [0.25, 0.3) is 94.5 Å². The van der Waals surface area contributed by atoms with Gasteiger partial charge in [-0.25, -0.2) is 4.98 Å². The molecule has 0 fully saturated rings. The molecule has 0 amide bonds. The van der Waals surface area contributed by atoms with E-state index in [2.05, 4.69) is 149 Å². The second-order valence-corrected chi connectivity index (χ2v) is 26.2. The Kier molecular flexibility index (Phi) is 10.2. The Labute approximate surface area is 517 Å². The maximum atomic E-state index is 8.76. The summed E-state index contributed by atoms with van der Waals surface area (Å²) < 4.78 is 134. The lowest BCUT2D eigenvalue weighted by Gasteiger charge is -2.29. The average molecular weight is 1110 g/mol. The highest BCUT2D eigenvalue weighted by Gasteiger charge is 2.29. The van der Waals surface area contributed by atoms with Crippen molar-refractivity contribution in [3.8, 4) is 73.2 Å². The molecule has 0 saturated carbocycles. The summed E-state index contributed by atoms with van der Waals surface area (Å²) in [6.07, 6.45) is 5.12. The third-order valence-corrected chi connectivity index (χ3v) is 16.1. The summed E-state index contributed by atoms with van der Waals surface area (Å²) in [5, 5.41) is 1.62. The van der Waals surface area contributed by atoms with E-state index in [0.29, 0.717) is 44.8 Å². The molecule has 5 heteroatoms. The average Bonchev–Trinajstić information content (AvgIpc) is 1.48. The maximum Gasteiger partial charge on any atom is 0.269 e. The van der Waals surface area contributed by atoms with Gasteiger partial charge in [-0.15, -0.1) is 0 Å². The SMILES string of the molecule is [2H]c1c([2H])c([2H])c(-c2cnc(-n3c4ccccc4c4ccc(Oc5cccc(-n6[c-][n+](-c7c(-c8cccc(C(C)(C)C)c8)cc(C(C)(C)C)cc7-c7cc(C(C)(C)C)cc(C(C)(C)C)c7)c7ccc(-c8c(C([2H])([2H])[2H])cccc8C([2H])([2H])[2H])cc76)c5)cc43)cc2C([2H])([2H])[2H])c([2H])c1[2H]. The van der Waals surface area contributed by atoms with Crippen molar-refractivity contribution < 1.29 is 28.5 Å². The summed E-state index contributed by atoms with van der Waals surface area (Å²) in [7, 11) is 0. The first-order valence-electron chi connectivity index (χ1n) is 35.6. The first-order valence-corrected chi connectivity index (χ1v) is 28.6. The van der Waals surface area contributed by atoms with Crippen molar-refractivity contribution in [1.82, 2.24) is 14.1 Å². The molecule has 0 unspecified atom stereocenters. The molecule has 0 bridgehead atoms. The number of imidazole rings is 1. The fourth-order valence-corrected chi connectivity index (χ4v) is 11.3. The minimum absolute atomic E-state index is 0.0945. The quantitative estimate of drug-likeness (QED) is 0.107. The van der Waals surface area contributed by atoms with E-state index in [-0.39, 0.29) is 60.9 Å². The van der Waals surface area contributed by atoms with E-state index in [1.165, 1.54) is 41.6 Å². The lowest BCUT2D eigenvalue weighted by molar-refractivity contribution is -0.571. The first kappa shape index (κ1) is 41.2.